The number of aromatic nitrogens is 3. The van der Waals surface area contributed by atoms with E-state index in [1.807, 2.05) is 0 Å². The quantitative estimate of drug-likeness (QED) is 0.864. The smallest absolute Gasteiger partial charge is 0.323 e. The van der Waals surface area contributed by atoms with Crippen molar-refractivity contribution in [1.82, 2.24) is 19.9 Å². The molecule has 0 amide bonds. The largest absolute Gasteiger partial charge is 0.463 e. The zero-order valence-electron chi connectivity index (χ0n) is 12.7. The van der Waals surface area contributed by atoms with E-state index >= 15 is 0 Å². The van der Waals surface area contributed by atoms with Gasteiger partial charge in [-0.2, -0.15) is 15.0 Å². The van der Waals surface area contributed by atoms with Crippen molar-refractivity contribution in [2.75, 3.05) is 43.9 Å². The van der Waals surface area contributed by atoms with Crippen LogP contribution in [0.1, 0.15) is 32.1 Å². The Hall–Kier alpha value is -1.63. The maximum absolute atomic E-state index is 5.77. The van der Waals surface area contributed by atoms with E-state index in [4.69, 9.17) is 10.5 Å². The summed E-state index contributed by atoms with van der Waals surface area (Å²) in [7, 11) is 2.17. The van der Waals surface area contributed by atoms with Gasteiger partial charge in [-0.3, -0.25) is 0 Å². The lowest BCUT2D eigenvalue weighted by atomic mass is 10.2. The van der Waals surface area contributed by atoms with Crippen molar-refractivity contribution in [2.24, 2.45) is 0 Å². The second kappa shape index (κ2) is 6.43. The summed E-state index contributed by atoms with van der Waals surface area (Å²) in [4.78, 5) is 17.2. The predicted octanol–water partition coefficient (Wildman–Crippen LogP) is 0.917. The lowest BCUT2D eigenvalue weighted by Crippen LogP contribution is -2.27. The number of nitrogens with two attached hydrogens (primary N) is 1. The standard InChI is InChI=1S/C14H24N6O/c1-19-7-4-5-11(19)6-10-21-14-17-12(15)16-13(18-14)20-8-2-3-9-20/h11H,2-10H2,1H3,(H2,15,16,17,18). The molecule has 0 spiro atoms. The Bertz CT molecular complexity index is 477. The lowest BCUT2D eigenvalue weighted by molar-refractivity contribution is 0.223. The number of hydrogen-bond donors (Lipinski definition) is 1. The minimum atomic E-state index is 0.236. The van der Waals surface area contributed by atoms with Crippen molar-refractivity contribution >= 4 is 11.9 Å². The Balaban J connectivity index is 1.57. The minimum Gasteiger partial charge on any atom is -0.463 e. The van der Waals surface area contributed by atoms with Crippen LogP contribution >= 0.6 is 0 Å². The van der Waals surface area contributed by atoms with Gasteiger partial charge in [0, 0.05) is 19.1 Å². The molecule has 0 aliphatic carbocycles. The molecule has 1 atom stereocenters. The van der Waals surface area contributed by atoms with Gasteiger partial charge in [0.05, 0.1) is 6.61 Å². The third-order valence-electron chi connectivity index (χ3n) is 4.36. The average Bonchev–Trinajstić information content (AvgIpc) is 3.10. The fraction of sp³-hybridized carbons (Fsp3) is 0.786. The van der Waals surface area contributed by atoms with Crippen molar-refractivity contribution in [1.29, 1.82) is 0 Å². The Morgan fingerprint density at radius 1 is 1.14 bits per heavy atom. The monoisotopic (exact) mass is 292 g/mol. The summed E-state index contributed by atoms with van der Waals surface area (Å²) in [5, 5.41) is 0. The van der Waals surface area contributed by atoms with Crippen molar-refractivity contribution in [3.05, 3.63) is 0 Å². The van der Waals surface area contributed by atoms with Crippen LogP contribution in [0.25, 0.3) is 0 Å². The second-order valence-corrected chi connectivity index (χ2v) is 5.88. The normalized spacial score (nSPS) is 22.9. The number of likely N-dealkylation sites (tertiary alicyclic amines) is 1. The van der Waals surface area contributed by atoms with E-state index in [0.717, 1.165) is 19.5 Å². The van der Waals surface area contributed by atoms with Gasteiger partial charge in [-0.05, 0) is 45.7 Å². The third-order valence-corrected chi connectivity index (χ3v) is 4.36. The molecule has 0 bridgehead atoms. The Kier molecular flexibility index (Phi) is 4.38. The molecule has 7 nitrogen and oxygen atoms in total. The molecule has 21 heavy (non-hydrogen) atoms. The van der Waals surface area contributed by atoms with Crippen LogP contribution in [0.2, 0.25) is 0 Å². The summed E-state index contributed by atoms with van der Waals surface area (Å²) in [5.41, 5.74) is 5.77. The molecular formula is C14H24N6O. The molecule has 7 heteroatoms. The molecule has 2 aliphatic heterocycles. The molecule has 0 aromatic carbocycles. The minimum absolute atomic E-state index is 0.236. The van der Waals surface area contributed by atoms with Crippen molar-refractivity contribution in [3.8, 4) is 6.01 Å². The highest BCUT2D eigenvalue weighted by molar-refractivity contribution is 5.36. The maximum atomic E-state index is 5.77. The number of ether oxygens (including phenoxy) is 1. The molecule has 3 heterocycles. The first-order valence-electron chi connectivity index (χ1n) is 7.82. The van der Waals surface area contributed by atoms with Crippen molar-refractivity contribution in [3.63, 3.8) is 0 Å². The van der Waals surface area contributed by atoms with Gasteiger partial charge in [0.25, 0.3) is 0 Å². The zero-order chi connectivity index (χ0) is 14.7. The average molecular weight is 292 g/mol. The summed E-state index contributed by atoms with van der Waals surface area (Å²) in [6.07, 6.45) is 5.88. The van der Waals surface area contributed by atoms with Crippen LogP contribution in [-0.2, 0) is 0 Å². The Morgan fingerprint density at radius 2 is 1.95 bits per heavy atom. The highest BCUT2D eigenvalue weighted by Gasteiger charge is 2.21. The molecule has 1 aromatic rings. The van der Waals surface area contributed by atoms with Gasteiger partial charge in [0.2, 0.25) is 11.9 Å². The number of nitrogens with zero attached hydrogens (tertiary/aromatic N) is 5. The van der Waals surface area contributed by atoms with Gasteiger partial charge in [-0.1, -0.05) is 0 Å². The first-order chi connectivity index (χ1) is 10.2. The van der Waals surface area contributed by atoms with Gasteiger partial charge in [0.1, 0.15) is 0 Å². The lowest BCUT2D eigenvalue weighted by Gasteiger charge is -2.19. The molecule has 1 aromatic heterocycles. The number of hydrogen-bond acceptors (Lipinski definition) is 7. The molecule has 0 radical (unpaired) electrons. The summed E-state index contributed by atoms with van der Waals surface area (Å²) < 4.78 is 5.70. The van der Waals surface area contributed by atoms with Crippen LogP contribution < -0.4 is 15.4 Å². The van der Waals surface area contributed by atoms with Gasteiger partial charge in [-0.25, -0.2) is 0 Å². The van der Waals surface area contributed by atoms with Gasteiger partial charge >= 0.3 is 6.01 Å². The number of anilines is 2. The highest BCUT2D eigenvalue weighted by Crippen LogP contribution is 2.20. The van der Waals surface area contributed by atoms with Gasteiger partial charge in [-0.15, -0.1) is 0 Å². The zero-order valence-corrected chi connectivity index (χ0v) is 12.7. The van der Waals surface area contributed by atoms with Crippen LogP contribution in [0.15, 0.2) is 0 Å². The predicted molar refractivity (Wildman–Crippen MR) is 81.5 cm³/mol. The van der Waals surface area contributed by atoms with Crippen molar-refractivity contribution in [2.45, 2.75) is 38.1 Å². The van der Waals surface area contributed by atoms with Crippen LogP contribution in [0, 0.1) is 0 Å². The van der Waals surface area contributed by atoms with E-state index in [2.05, 4.69) is 31.8 Å². The molecule has 0 saturated carbocycles. The van der Waals surface area contributed by atoms with E-state index in [1.165, 1.54) is 32.2 Å². The van der Waals surface area contributed by atoms with Gasteiger partial charge < -0.3 is 20.3 Å². The number of rotatable bonds is 5. The fourth-order valence-electron chi connectivity index (χ4n) is 3.11. The van der Waals surface area contributed by atoms with E-state index in [1.54, 1.807) is 0 Å². The molecule has 2 N–H and O–H groups in total. The SMILES string of the molecule is CN1CCCC1CCOc1nc(N)nc(N2CCCC2)n1. The van der Waals surface area contributed by atoms with E-state index < -0.39 is 0 Å². The molecule has 2 saturated heterocycles. The molecule has 2 aliphatic rings. The first kappa shape index (κ1) is 14.3. The van der Waals surface area contributed by atoms with E-state index in [0.29, 0.717) is 24.6 Å². The first-order valence-corrected chi connectivity index (χ1v) is 7.82. The van der Waals surface area contributed by atoms with Crippen LogP contribution in [-0.4, -0.2) is 59.2 Å². The van der Waals surface area contributed by atoms with E-state index in [-0.39, 0.29) is 5.95 Å². The van der Waals surface area contributed by atoms with Crippen LogP contribution in [0.5, 0.6) is 6.01 Å². The summed E-state index contributed by atoms with van der Waals surface area (Å²) in [6, 6.07) is 0.965. The molecule has 116 valence electrons. The Morgan fingerprint density at radius 3 is 2.67 bits per heavy atom. The van der Waals surface area contributed by atoms with Crippen LogP contribution in [0.3, 0.4) is 0 Å². The van der Waals surface area contributed by atoms with Gasteiger partial charge in [0.15, 0.2) is 0 Å². The molecule has 3 rings (SSSR count). The second-order valence-electron chi connectivity index (χ2n) is 5.88. The third kappa shape index (κ3) is 3.53. The fourth-order valence-corrected chi connectivity index (χ4v) is 3.11. The summed E-state index contributed by atoms with van der Waals surface area (Å²) >= 11 is 0. The van der Waals surface area contributed by atoms with E-state index in [9.17, 15) is 0 Å². The Labute approximate surface area is 125 Å². The molecule has 1 unspecified atom stereocenters. The summed E-state index contributed by atoms with van der Waals surface area (Å²) in [6.45, 7) is 3.77. The van der Waals surface area contributed by atoms with Crippen LogP contribution in [0.4, 0.5) is 11.9 Å². The summed E-state index contributed by atoms with van der Waals surface area (Å²) in [5.74, 6) is 0.882. The highest BCUT2D eigenvalue weighted by atomic mass is 16.5. The molecular weight excluding hydrogens is 268 g/mol. The topological polar surface area (TPSA) is 80.4 Å². The maximum Gasteiger partial charge on any atom is 0.323 e. The van der Waals surface area contributed by atoms with Crippen molar-refractivity contribution < 1.29 is 4.74 Å². The number of nitrogen functional groups attached to an aromatic ring is 1. The molecule has 2 fully saturated rings.